The monoisotopic (exact) mass is 365 g/mol. The number of hydrogen-bond donors (Lipinski definition) is 0. The zero-order chi connectivity index (χ0) is 15.4. The molecule has 3 nitrogen and oxygen atoms in total. The molecule has 0 radical (unpaired) electrons. The molecule has 1 aliphatic heterocycles. The van der Waals surface area contributed by atoms with E-state index < -0.39 is 0 Å². The van der Waals surface area contributed by atoms with Crippen molar-refractivity contribution >= 4 is 15.9 Å². The molecule has 0 amide bonds. The number of hydrogen-bond acceptors (Lipinski definition) is 3. The molecule has 2 fully saturated rings. The van der Waals surface area contributed by atoms with E-state index in [1.165, 1.54) is 5.56 Å². The predicted octanol–water partition coefficient (Wildman–Crippen LogP) is 4.08. The lowest BCUT2D eigenvalue weighted by molar-refractivity contribution is -0.184. The highest BCUT2D eigenvalue weighted by atomic mass is 79.9. The third-order valence-electron chi connectivity index (χ3n) is 4.65. The Bertz CT molecular complexity index is 489. The molecule has 1 saturated heterocycles. The summed E-state index contributed by atoms with van der Waals surface area (Å²) in [6.45, 7) is 7.37. The van der Waals surface area contributed by atoms with Crippen LogP contribution in [0, 0.1) is 0 Å². The van der Waals surface area contributed by atoms with Gasteiger partial charge < -0.3 is 9.47 Å². The van der Waals surface area contributed by atoms with Gasteiger partial charge in [0.2, 0.25) is 0 Å². The van der Waals surface area contributed by atoms with E-state index in [2.05, 4.69) is 57.7 Å². The number of benzene rings is 1. The van der Waals surface area contributed by atoms with E-state index in [-0.39, 0.29) is 5.79 Å². The molecule has 120 valence electrons. The molecule has 0 unspecified atom stereocenters. The lowest BCUT2D eigenvalue weighted by atomic mass is 9.88. The van der Waals surface area contributed by atoms with Crippen LogP contribution in [-0.2, 0) is 16.0 Å². The summed E-state index contributed by atoms with van der Waals surface area (Å²) >= 11 is 3.53. The van der Waals surface area contributed by atoms with Crippen molar-refractivity contribution in [3.63, 3.8) is 0 Å². The average Bonchev–Trinajstić information content (AvgIpc) is 2.96. The molecule has 22 heavy (non-hydrogen) atoms. The number of halogens is 1. The van der Waals surface area contributed by atoms with Gasteiger partial charge in [-0.3, -0.25) is 4.90 Å². The van der Waals surface area contributed by atoms with Crippen molar-refractivity contribution in [3.8, 4) is 0 Å². The van der Waals surface area contributed by atoms with Gasteiger partial charge in [-0.25, -0.2) is 0 Å². The summed E-state index contributed by atoms with van der Waals surface area (Å²) in [5, 5.41) is 0. The Kier molecular flexibility index (Phi) is 5.34. The second kappa shape index (κ2) is 7.26. The largest absolute Gasteiger partial charge is 0.348 e. The highest BCUT2D eigenvalue weighted by Gasteiger charge is 2.41. The first-order valence-electron chi connectivity index (χ1n) is 8.06. The molecule has 1 aromatic rings. The Labute approximate surface area is 141 Å². The van der Waals surface area contributed by atoms with Crippen LogP contribution in [0.3, 0.4) is 0 Å². The molecule has 1 aliphatic carbocycles. The molecule has 0 aromatic heterocycles. The van der Waals surface area contributed by atoms with Crippen LogP contribution < -0.4 is 0 Å². The fourth-order valence-electron chi connectivity index (χ4n) is 3.55. The zero-order valence-corrected chi connectivity index (χ0v) is 14.6. The minimum absolute atomic E-state index is 0.277. The normalized spacial score (nSPS) is 21.5. The van der Waals surface area contributed by atoms with E-state index in [1.807, 2.05) is 0 Å². The maximum atomic E-state index is 5.84. The summed E-state index contributed by atoms with van der Waals surface area (Å²) in [7, 11) is 0. The lowest BCUT2D eigenvalue weighted by Gasteiger charge is -2.40. The van der Waals surface area contributed by atoms with Gasteiger partial charge in [0.05, 0.1) is 13.2 Å². The Hall–Kier alpha value is -0.680. The van der Waals surface area contributed by atoms with Crippen molar-refractivity contribution < 1.29 is 9.47 Å². The third kappa shape index (κ3) is 3.99. The SMILES string of the molecule is C=C(Br)CN(Cc1ccccc1)C1CCC2(CC1)OCCO2. The first-order valence-corrected chi connectivity index (χ1v) is 8.85. The summed E-state index contributed by atoms with van der Waals surface area (Å²) < 4.78 is 12.7. The Morgan fingerprint density at radius 1 is 1.18 bits per heavy atom. The van der Waals surface area contributed by atoms with Crippen LogP contribution in [0.2, 0.25) is 0 Å². The van der Waals surface area contributed by atoms with Gasteiger partial charge in [-0.1, -0.05) is 52.8 Å². The minimum Gasteiger partial charge on any atom is -0.348 e. The van der Waals surface area contributed by atoms with E-state index in [0.717, 1.165) is 56.5 Å². The third-order valence-corrected chi connectivity index (χ3v) is 4.90. The minimum atomic E-state index is -0.277. The van der Waals surface area contributed by atoms with Crippen LogP contribution in [0.15, 0.2) is 41.4 Å². The van der Waals surface area contributed by atoms with Gasteiger partial charge in [-0.15, -0.1) is 0 Å². The summed E-state index contributed by atoms with van der Waals surface area (Å²) in [5.74, 6) is -0.277. The second-order valence-corrected chi connectivity index (χ2v) is 7.37. The van der Waals surface area contributed by atoms with Crippen LogP contribution in [0.4, 0.5) is 0 Å². The standard InChI is InChI=1S/C18H24BrNO2/c1-15(19)13-20(14-16-5-3-2-4-6-16)17-7-9-18(10-8-17)21-11-12-22-18/h2-6,17H,1,7-14H2. The zero-order valence-electron chi connectivity index (χ0n) is 13.0. The van der Waals surface area contributed by atoms with Gasteiger partial charge in [0.15, 0.2) is 5.79 Å². The highest BCUT2D eigenvalue weighted by Crippen LogP contribution is 2.37. The number of nitrogens with zero attached hydrogens (tertiary/aromatic N) is 1. The van der Waals surface area contributed by atoms with Crippen molar-refractivity contribution in [2.45, 2.75) is 44.1 Å². The fraction of sp³-hybridized carbons (Fsp3) is 0.556. The van der Waals surface area contributed by atoms with Crippen molar-refractivity contribution in [2.24, 2.45) is 0 Å². The van der Waals surface area contributed by atoms with Crippen LogP contribution in [0.1, 0.15) is 31.2 Å². The first-order chi connectivity index (χ1) is 10.7. The molecule has 4 heteroatoms. The van der Waals surface area contributed by atoms with Gasteiger partial charge in [0.1, 0.15) is 0 Å². The van der Waals surface area contributed by atoms with E-state index >= 15 is 0 Å². The average molecular weight is 366 g/mol. The van der Waals surface area contributed by atoms with Gasteiger partial charge in [0, 0.05) is 36.5 Å². The highest BCUT2D eigenvalue weighted by molar-refractivity contribution is 9.11. The quantitative estimate of drug-likeness (QED) is 0.784. The van der Waals surface area contributed by atoms with Gasteiger partial charge in [0.25, 0.3) is 0 Å². The summed E-state index contributed by atoms with van der Waals surface area (Å²) in [4.78, 5) is 2.52. The maximum absolute atomic E-state index is 5.84. The number of ether oxygens (including phenoxy) is 2. The van der Waals surface area contributed by atoms with E-state index in [9.17, 15) is 0 Å². The smallest absolute Gasteiger partial charge is 0.168 e. The lowest BCUT2D eigenvalue weighted by Crippen LogP contribution is -2.44. The molecule has 0 atom stereocenters. The van der Waals surface area contributed by atoms with Crippen molar-refractivity contribution in [2.75, 3.05) is 19.8 Å². The summed E-state index contributed by atoms with van der Waals surface area (Å²) in [6.07, 6.45) is 4.23. The second-order valence-electron chi connectivity index (χ2n) is 6.25. The molecule has 1 spiro atoms. The van der Waals surface area contributed by atoms with Crippen molar-refractivity contribution in [1.29, 1.82) is 0 Å². The van der Waals surface area contributed by atoms with Crippen LogP contribution in [0.25, 0.3) is 0 Å². The molecular formula is C18H24BrNO2. The van der Waals surface area contributed by atoms with E-state index in [4.69, 9.17) is 9.47 Å². The van der Waals surface area contributed by atoms with Crippen LogP contribution >= 0.6 is 15.9 Å². The molecule has 1 heterocycles. The molecule has 2 aliphatic rings. The fourth-order valence-corrected chi connectivity index (χ4v) is 3.87. The Morgan fingerprint density at radius 3 is 2.41 bits per heavy atom. The molecule has 1 aromatic carbocycles. The predicted molar refractivity (Wildman–Crippen MR) is 91.8 cm³/mol. The topological polar surface area (TPSA) is 21.7 Å². The van der Waals surface area contributed by atoms with Crippen molar-refractivity contribution in [1.82, 2.24) is 4.90 Å². The summed E-state index contributed by atoms with van der Waals surface area (Å²) in [5.41, 5.74) is 1.35. The van der Waals surface area contributed by atoms with Crippen molar-refractivity contribution in [3.05, 3.63) is 47.0 Å². The Balaban J connectivity index is 1.63. The first kappa shape index (κ1) is 16.2. The van der Waals surface area contributed by atoms with Crippen LogP contribution in [-0.4, -0.2) is 36.5 Å². The van der Waals surface area contributed by atoms with Gasteiger partial charge in [-0.2, -0.15) is 0 Å². The summed E-state index contributed by atoms with van der Waals surface area (Å²) in [6, 6.07) is 11.2. The molecule has 3 rings (SSSR count). The Morgan fingerprint density at radius 2 is 1.82 bits per heavy atom. The van der Waals surface area contributed by atoms with E-state index in [0.29, 0.717) is 6.04 Å². The van der Waals surface area contributed by atoms with E-state index in [1.54, 1.807) is 0 Å². The van der Waals surface area contributed by atoms with Gasteiger partial charge >= 0.3 is 0 Å². The molecule has 0 N–H and O–H groups in total. The van der Waals surface area contributed by atoms with Gasteiger partial charge in [-0.05, 0) is 18.4 Å². The maximum Gasteiger partial charge on any atom is 0.168 e. The molecule has 0 bridgehead atoms. The van der Waals surface area contributed by atoms with Crippen LogP contribution in [0.5, 0.6) is 0 Å². The number of rotatable bonds is 5. The molecular weight excluding hydrogens is 342 g/mol. The molecule has 1 saturated carbocycles.